The largest absolute Gasteiger partial charge is 0.347 e. The number of aromatic nitrogens is 1. The Bertz CT molecular complexity index is 991. The average molecular weight is 412 g/mol. The van der Waals surface area contributed by atoms with Crippen molar-refractivity contribution in [1.29, 1.82) is 0 Å². The van der Waals surface area contributed by atoms with Gasteiger partial charge < -0.3 is 10.2 Å². The summed E-state index contributed by atoms with van der Waals surface area (Å²) in [5, 5.41) is 6.08. The zero-order chi connectivity index (χ0) is 19.5. The van der Waals surface area contributed by atoms with Crippen molar-refractivity contribution in [2.24, 2.45) is 0 Å². The highest BCUT2D eigenvalue weighted by Crippen LogP contribution is 2.29. The first-order valence-electron chi connectivity index (χ1n) is 9.24. The molecule has 1 fully saturated rings. The van der Waals surface area contributed by atoms with Gasteiger partial charge in [0.05, 0.1) is 22.1 Å². The summed E-state index contributed by atoms with van der Waals surface area (Å²) in [4.78, 5) is 32.7. The van der Waals surface area contributed by atoms with Gasteiger partial charge in [-0.15, -0.1) is 22.7 Å². The van der Waals surface area contributed by atoms with Gasteiger partial charge in [-0.1, -0.05) is 12.1 Å². The van der Waals surface area contributed by atoms with Crippen LogP contribution in [-0.4, -0.2) is 28.2 Å². The van der Waals surface area contributed by atoms with Gasteiger partial charge in [-0.3, -0.25) is 9.59 Å². The van der Waals surface area contributed by atoms with Gasteiger partial charge in [0, 0.05) is 35.3 Å². The van der Waals surface area contributed by atoms with Crippen molar-refractivity contribution in [2.45, 2.75) is 32.9 Å². The number of carbonyl (C=O) groups excluding carboxylic acids is 2. The fourth-order valence-electron chi connectivity index (χ4n) is 3.21. The van der Waals surface area contributed by atoms with Gasteiger partial charge in [0.2, 0.25) is 5.91 Å². The molecule has 144 valence electrons. The van der Waals surface area contributed by atoms with Crippen LogP contribution in [0, 0.1) is 6.92 Å². The zero-order valence-electron chi connectivity index (χ0n) is 15.6. The predicted octanol–water partition coefficient (Wildman–Crippen LogP) is 4.23. The van der Waals surface area contributed by atoms with Crippen LogP contribution < -0.4 is 5.32 Å². The highest BCUT2D eigenvalue weighted by atomic mass is 32.1. The van der Waals surface area contributed by atoms with Gasteiger partial charge in [0.15, 0.2) is 0 Å². The number of likely N-dealkylation sites (tertiary alicyclic amines) is 1. The molecule has 1 saturated heterocycles. The number of benzene rings is 1. The van der Waals surface area contributed by atoms with Crippen LogP contribution in [0.2, 0.25) is 0 Å². The number of thiophene rings is 1. The lowest BCUT2D eigenvalue weighted by molar-refractivity contribution is -0.128. The Labute approximate surface area is 172 Å². The number of amides is 2. The van der Waals surface area contributed by atoms with Crippen LogP contribution >= 0.6 is 22.7 Å². The molecule has 0 radical (unpaired) electrons. The maximum atomic E-state index is 12.4. The van der Waals surface area contributed by atoms with Gasteiger partial charge in [-0.25, -0.2) is 4.98 Å². The molecule has 1 aliphatic heterocycles. The minimum atomic E-state index is -0.0942. The van der Waals surface area contributed by atoms with Crippen LogP contribution in [-0.2, 0) is 17.9 Å². The Balaban J connectivity index is 1.32. The number of nitrogens with one attached hydrogen (secondary N) is 1. The molecule has 0 spiro atoms. The number of hydrogen-bond donors (Lipinski definition) is 1. The molecule has 0 atom stereocenters. The van der Waals surface area contributed by atoms with Crippen molar-refractivity contribution in [1.82, 2.24) is 15.2 Å². The van der Waals surface area contributed by atoms with E-state index in [1.807, 2.05) is 42.2 Å². The van der Waals surface area contributed by atoms with Gasteiger partial charge in [-0.05, 0) is 43.2 Å². The Morgan fingerprint density at radius 2 is 2.04 bits per heavy atom. The summed E-state index contributed by atoms with van der Waals surface area (Å²) >= 11 is 3.29. The molecule has 0 bridgehead atoms. The van der Waals surface area contributed by atoms with Gasteiger partial charge >= 0.3 is 0 Å². The third-order valence-electron chi connectivity index (χ3n) is 4.72. The van der Waals surface area contributed by atoms with E-state index in [4.69, 9.17) is 0 Å². The summed E-state index contributed by atoms with van der Waals surface area (Å²) in [6, 6.07) is 11.6. The van der Waals surface area contributed by atoms with Gasteiger partial charge in [-0.2, -0.15) is 0 Å². The molecule has 1 aromatic carbocycles. The topological polar surface area (TPSA) is 62.3 Å². The van der Waals surface area contributed by atoms with E-state index in [1.54, 1.807) is 22.7 Å². The second-order valence-electron chi connectivity index (χ2n) is 6.82. The molecule has 3 aromatic rings. The van der Waals surface area contributed by atoms with E-state index in [2.05, 4.69) is 21.7 Å². The van der Waals surface area contributed by atoms with Gasteiger partial charge in [0.25, 0.3) is 5.91 Å². The summed E-state index contributed by atoms with van der Waals surface area (Å²) in [6.45, 7) is 3.94. The summed E-state index contributed by atoms with van der Waals surface area (Å²) in [7, 11) is 0. The van der Waals surface area contributed by atoms with Crippen molar-refractivity contribution in [3.05, 3.63) is 62.8 Å². The lowest BCUT2D eigenvalue weighted by atomic mass is 10.1. The zero-order valence-corrected chi connectivity index (χ0v) is 17.2. The maximum Gasteiger partial charge on any atom is 0.251 e. The SMILES string of the molecule is Cc1nc(-c2ccc(CNC(=O)c3ccc(CN4CCCC4=O)cc3)s2)cs1. The maximum absolute atomic E-state index is 12.4. The first-order chi connectivity index (χ1) is 13.6. The number of aryl methyl sites for hydroxylation is 1. The standard InChI is InChI=1S/C21H21N3O2S2/c1-14-23-18(13-27-14)19-9-8-17(28-19)11-22-21(26)16-6-4-15(5-7-16)12-24-10-2-3-20(24)25/h4-9,13H,2-3,10-12H2,1H3,(H,22,26). The second kappa shape index (κ2) is 8.24. The molecular weight excluding hydrogens is 390 g/mol. The Morgan fingerprint density at radius 3 is 2.71 bits per heavy atom. The molecule has 28 heavy (non-hydrogen) atoms. The van der Waals surface area contributed by atoms with E-state index in [0.717, 1.165) is 39.0 Å². The number of rotatable bonds is 6. The smallest absolute Gasteiger partial charge is 0.251 e. The third-order valence-corrected chi connectivity index (χ3v) is 6.60. The summed E-state index contributed by atoms with van der Waals surface area (Å²) in [6.07, 6.45) is 1.58. The molecule has 0 saturated carbocycles. The number of nitrogens with zero attached hydrogens (tertiary/aromatic N) is 2. The van der Waals surface area contributed by atoms with Gasteiger partial charge in [0.1, 0.15) is 0 Å². The minimum absolute atomic E-state index is 0.0942. The fourth-order valence-corrected chi connectivity index (χ4v) is 4.81. The van der Waals surface area contributed by atoms with Crippen molar-refractivity contribution in [3.8, 4) is 10.6 Å². The molecule has 7 heteroatoms. The number of hydrogen-bond acceptors (Lipinski definition) is 5. The lowest BCUT2D eigenvalue weighted by Crippen LogP contribution is -2.24. The van der Waals surface area contributed by atoms with E-state index in [0.29, 0.717) is 25.1 Å². The molecular formula is C21H21N3O2S2. The Kier molecular flexibility index (Phi) is 5.54. The third kappa shape index (κ3) is 4.31. The van der Waals surface area contributed by atoms with E-state index in [-0.39, 0.29) is 11.8 Å². The second-order valence-corrected chi connectivity index (χ2v) is 9.05. The molecule has 2 amide bonds. The highest BCUT2D eigenvalue weighted by Gasteiger charge is 2.20. The summed E-state index contributed by atoms with van der Waals surface area (Å²) in [5.74, 6) is 0.119. The van der Waals surface area contributed by atoms with E-state index in [9.17, 15) is 9.59 Å². The highest BCUT2D eigenvalue weighted by molar-refractivity contribution is 7.16. The van der Waals surface area contributed by atoms with Crippen molar-refractivity contribution in [3.63, 3.8) is 0 Å². The Morgan fingerprint density at radius 1 is 1.21 bits per heavy atom. The normalized spacial score (nSPS) is 13.9. The van der Waals surface area contributed by atoms with Crippen molar-refractivity contribution >= 4 is 34.5 Å². The predicted molar refractivity (Wildman–Crippen MR) is 112 cm³/mol. The number of thiazole rings is 1. The van der Waals surface area contributed by atoms with Crippen LogP contribution in [0.15, 0.2) is 41.8 Å². The molecule has 1 N–H and O–H groups in total. The first-order valence-corrected chi connectivity index (χ1v) is 10.9. The van der Waals surface area contributed by atoms with Crippen LogP contribution in [0.25, 0.3) is 10.6 Å². The minimum Gasteiger partial charge on any atom is -0.347 e. The Hall–Kier alpha value is -2.51. The molecule has 5 nitrogen and oxygen atoms in total. The van der Waals surface area contributed by atoms with Crippen molar-refractivity contribution in [2.75, 3.05) is 6.54 Å². The molecule has 4 rings (SSSR count). The van der Waals surface area contributed by atoms with Crippen LogP contribution in [0.3, 0.4) is 0 Å². The molecule has 3 heterocycles. The van der Waals surface area contributed by atoms with Crippen molar-refractivity contribution < 1.29 is 9.59 Å². The molecule has 0 aliphatic carbocycles. The van der Waals surface area contributed by atoms with E-state index < -0.39 is 0 Å². The lowest BCUT2D eigenvalue weighted by Gasteiger charge is -2.15. The molecule has 1 aliphatic rings. The average Bonchev–Trinajstić information content (AvgIpc) is 3.43. The first kappa shape index (κ1) is 18.8. The van der Waals surface area contributed by atoms with Crippen LogP contribution in [0.4, 0.5) is 0 Å². The monoisotopic (exact) mass is 411 g/mol. The van der Waals surface area contributed by atoms with Crippen LogP contribution in [0.1, 0.15) is 38.6 Å². The van der Waals surface area contributed by atoms with E-state index in [1.165, 1.54) is 0 Å². The number of carbonyl (C=O) groups is 2. The quantitative estimate of drug-likeness (QED) is 0.660. The van der Waals surface area contributed by atoms with E-state index >= 15 is 0 Å². The molecule has 0 unspecified atom stereocenters. The van der Waals surface area contributed by atoms with Crippen LogP contribution in [0.5, 0.6) is 0 Å². The summed E-state index contributed by atoms with van der Waals surface area (Å²) < 4.78 is 0. The summed E-state index contributed by atoms with van der Waals surface area (Å²) in [5.41, 5.74) is 2.67. The molecule has 2 aromatic heterocycles. The fraction of sp³-hybridized carbons (Fsp3) is 0.286.